The third-order valence-electron chi connectivity index (χ3n) is 3.60. The Labute approximate surface area is 115 Å². The maximum atomic E-state index is 11.6. The first-order valence-electron chi connectivity index (χ1n) is 5.97. The summed E-state index contributed by atoms with van der Waals surface area (Å²) in [5.74, 6) is 0.896. The Bertz CT molecular complexity index is 769. The normalized spacial score (nSPS) is 22.2. The van der Waals surface area contributed by atoms with E-state index in [0.717, 1.165) is 11.4 Å². The second-order valence-electron chi connectivity index (χ2n) is 4.89. The number of rotatable bonds is 1. The Kier molecular flexibility index (Phi) is 2.79. The quantitative estimate of drug-likeness (QED) is 0.793. The van der Waals surface area contributed by atoms with Gasteiger partial charge in [0.05, 0.1) is 17.2 Å². The molecule has 0 radical (unpaired) electrons. The van der Waals surface area contributed by atoms with Gasteiger partial charge in [-0.3, -0.25) is 4.40 Å². The molecular formula is C11H13ClN4O2S. The Morgan fingerprint density at radius 2 is 2.05 bits per heavy atom. The van der Waals surface area contributed by atoms with Crippen molar-refractivity contribution in [2.45, 2.75) is 26.2 Å². The third-order valence-corrected chi connectivity index (χ3v) is 5.62. The van der Waals surface area contributed by atoms with Crippen LogP contribution in [0.1, 0.15) is 29.6 Å². The van der Waals surface area contributed by atoms with E-state index in [4.69, 9.17) is 11.6 Å². The highest BCUT2D eigenvalue weighted by atomic mass is 35.5. The Balaban J connectivity index is 2.21. The van der Waals surface area contributed by atoms with E-state index in [1.165, 1.54) is 0 Å². The summed E-state index contributed by atoms with van der Waals surface area (Å²) in [7, 11) is -2.95. The molecule has 0 amide bonds. The average molecular weight is 301 g/mol. The van der Waals surface area contributed by atoms with Gasteiger partial charge in [-0.15, -0.1) is 10.2 Å². The van der Waals surface area contributed by atoms with Crippen LogP contribution in [0.25, 0.3) is 5.65 Å². The first-order chi connectivity index (χ1) is 8.89. The molecular weight excluding hydrogens is 288 g/mol. The fraction of sp³-hybridized carbons (Fsp3) is 0.545. The van der Waals surface area contributed by atoms with Gasteiger partial charge in [-0.2, -0.15) is 0 Å². The molecule has 102 valence electrons. The maximum absolute atomic E-state index is 11.6. The molecule has 0 aliphatic carbocycles. The van der Waals surface area contributed by atoms with Crippen molar-refractivity contribution >= 4 is 27.1 Å². The van der Waals surface area contributed by atoms with Gasteiger partial charge in [0.25, 0.3) is 0 Å². The van der Waals surface area contributed by atoms with E-state index < -0.39 is 9.84 Å². The van der Waals surface area contributed by atoms with Crippen molar-refractivity contribution in [1.29, 1.82) is 0 Å². The molecule has 1 aliphatic heterocycles. The van der Waals surface area contributed by atoms with E-state index in [2.05, 4.69) is 15.2 Å². The first kappa shape index (κ1) is 12.8. The van der Waals surface area contributed by atoms with Crippen LogP contribution in [0.3, 0.4) is 0 Å². The van der Waals surface area contributed by atoms with Crippen molar-refractivity contribution in [2.24, 2.45) is 0 Å². The van der Waals surface area contributed by atoms with Crippen LogP contribution in [-0.2, 0) is 9.84 Å². The monoisotopic (exact) mass is 300 g/mol. The first-order valence-corrected chi connectivity index (χ1v) is 8.17. The number of aromatic nitrogens is 4. The number of hydrogen-bond acceptors (Lipinski definition) is 5. The van der Waals surface area contributed by atoms with Crippen molar-refractivity contribution in [3.8, 4) is 0 Å². The number of halogens is 1. The lowest BCUT2D eigenvalue weighted by Gasteiger charge is -2.10. The van der Waals surface area contributed by atoms with Gasteiger partial charge in [0.1, 0.15) is 5.82 Å². The van der Waals surface area contributed by atoms with Crippen molar-refractivity contribution < 1.29 is 8.42 Å². The Morgan fingerprint density at radius 3 is 2.68 bits per heavy atom. The lowest BCUT2D eigenvalue weighted by Crippen LogP contribution is -2.10. The number of aryl methyl sites for hydroxylation is 2. The Morgan fingerprint density at radius 1 is 1.32 bits per heavy atom. The molecule has 3 heterocycles. The van der Waals surface area contributed by atoms with Crippen LogP contribution in [0.15, 0.2) is 0 Å². The second-order valence-corrected chi connectivity index (χ2v) is 7.48. The van der Waals surface area contributed by atoms with Crippen LogP contribution in [0.2, 0.25) is 5.15 Å². The summed E-state index contributed by atoms with van der Waals surface area (Å²) in [6, 6.07) is 0. The van der Waals surface area contributed by atoms with Gasteiger partial charge in [0.2, 0.25) is 0 Å². The molecule has 0 bridgehead atoms. The molecule has 0 aromatic carbocycles. The van der Waals surface area contributed by atoms with E-state index in [-0.39, 0.29) is 17.4 Å². The molecule has 8 heteroatoms. The SMILES string of the molecule is Cc1nc(Cl)c2nnc(C3CCS(=O)(=O)C3)n2c1C. The molecule has 0 N–H and O–H groups in total. The lowest BCUT2D eigenvalue weighted by atomic mass is 10.1. The van der Waals surface area contributed by atoms with Gasteiger partial charge in [0.15, 0.2) is 20.6 Å². The van der Waals surface area contributed by atoms with Crippen LogP contribution in [0.5, 0.6) is 0 Å². The number of fused-ring (bicyclic) bond motifs is 1. The Hall–Kier alpha value is -1.21. The van der Waals surface area contributed by atoms with Gasteiger partial charge in [-0.1, -0.05) is 11.6 Å². The highest BCUT2D eigenvalue weighted by Crippen LogP contribution is 2.30. The van der Waals surface area contributed by atoms with E-state index >= 15 is 0 Å². The lowest BCUT2D eigenvalue weighted by molar-refractivity contribution is 0.601. The van der Waals surface area contributed by atoms with E-state index in [9.17, 15) is 8.42 Å². The highest BCUT2D eigenvalue weighted by Gasteiger charge is 2.33. The summed E-state index contributed by atoms with van der Waals surface area (Å²) >= 11 is 6.06. The van der Waals surface area contributed by atoms with Crippen LogP contribution in [0, 0.1) is 13.8 Å². The van der Waals surface area contributed by atoms with Crippen molar-refractivity contribution in [3.63, 3.8) is 0 Å². The van der Waals surface area contributed by atoms with Gasteiger partial charge >= 0.3 is 0 Å². The number of hydrogen-bond donors (Lipinski definition) is 0. The number of sulfone groups is 1. The van der Waals surface area contributed by atoms with Gasteiger partial charge in [-0.25, -0.2) is 13.4 Å². The molecule has 19 heavy (non-hydrogen) atoms. The molecule has 0 saturated carbocycles. The largest absolute Gasteiger partial charge is 0.279 e. The van der Waals surface area contributed by atoms with Crippen LogP contribution < -0.4 is 0 Å². The molecule has 2 aromatic heterocycles. The minimum absolute atomic E-state index is 0.114. The summed E-state index contributed by atoms with van der Waals surface area (Å²) in [6.07, 6.45) is 0.585. The molecule has 6 nitrogen and oxygen atoms in total. The van der Waals surface area contributed by atoms with Crippen molar-refractivity contribution in [1.82, 2.24) is 19.6 Å². The average Bonchev–Trinajstić information content (AvgIpc) is 2.89. The zero-order chi connectivity index (χ0) is 13.8. The predicted octanol–water partition coefficient (Wildman–Crippen LogP) is 1.30. The summed E-state index contributed by atoms with van der Waals surface area (Å²) < 4.78 is 25.0. The summed E-state index contributed by atoms with van der Waals surface area (Å²) in [6.45, 7) is 3.76. The molecule has 3 rings (SSSR count). The smallest absolute Gasteiger partial charge is 0.198 e. The maximum Gasteiger partial charge on any atom is 0.198 e. The molecule has 1 saturated heterocycles. The minimum Gasteiger partial charge on any atom is -0.279 e. The molecule has 2 aromatic rings. The summed E-state index contributed by atoms with van der Waals surface area (Å²) in [5, 5.41) is 8.46. The molecule has 1 aliphatic rings. The van der Waals surface area contributed by atoms with Gasteiger partial charge in [0, 0.05) is 11.6 Å². The number of nitrogens with zero attached hydrogens (tertiary/aromatic N) is 4. The molecule has 1 unspecified atom stereocenters. The van der Waals surface area contributed by atoms with Crippen molar-refractivity contribution in [2.75, 3.05) is 11.5 Å². The van der Waals surface area contributed by atoms with E-state index in [1.54, 1.807) is 0 Å². The summed E-state index contributed by atoms with van der Waals surface area (Å²) in [5.41, 5.74) is 2.17. The topological polar surface area (TPSA) is 77.2 Å². The zero-order valence-electron chi connectivity index (χ0n) is 10.6. The van der Waals surface area contributed by atoms with E-state index in [1.807, 2.05) is 18.2 Å². The highest BCUT2D eigenvalue weighted by molar-refractivity contribution is 7.91. The van der Waals surface area contributed by atoms with E-state index in [0.29, 0.717) is 23.0 Å². The third kappa shape index (κ3) is 2.01. The van der Waals surface area contributed by atoms with Gasteiger partial charge < -0.3 is 0 Å². The summed E-state index contributed by atoms with van der Waals surface area (Å²) in [4.78, 5) is 4.19. The zero-order valence-corrected chi connectivity index (χ0v) is 12.2. The predicted molar refractivity (Wildman–Crippen MR) is 71.3 cm³/mol. The standard InChI is InChI=1S/C11H13ClN4O2S/c1-6-7(2)16-10(8-3-4-19(17,18)5-8)14-15-11(16)9(12)13-6/h8H,3-5H2,1-2H3. The fourth-order valence-electron chi connectivity index (χ4n) is 2.46. The second kappa shape index (κ2) is 4.14. The van der Waals surface area contributed by atoms with Crippen molar-refractivity contribution in [3.05, 3.63) is 22.4 Å². The molecule has 1 fully saturated rings. The molecule has 1 atom stereocenters. The minimum atomic E-state index is -2.95. The van der Waals surface area contributed by atoms with Crippen LogP contribution >= 0.6 is 11.6 Å². The fourth-order valence-corrected chi connectivity index (χ4v) is 4.45. The molecule has 0 spiro atoms. The van der Waals surface area contributed by atoms with Crippen LogP contribution in [-0.4, -0.2) is 39.5 Å². The van der Waals surface area contributed by atoms with Gasteiger partial charge in [-0.05, 0) is 20.3 Å². The van der Waals surface area contributed by atoms with Crippen LogP contribution in [0.4, 0.5) is 0 Å².